The van der Waals surface area contributed by atoms with E-state index in [1.54, 1.807) is 27.7 Å². The van der Waals surface area contributed by atoms with Gasteiger partial charge in [0.1, 0.15) is 42.0 Å². The van der Waals surface area contributed by atoms with E-state index in [2.05, 4.69) is 26.4 Å². The summed E-state index contributed by atoms with van der Waals surface area (Å²) in [6, 6.07) is -5.17. The fraction of sp³-hybridized carbons (Fsp3) is 0.622. The molecule has 4 aliphatic heterocycles. The van der Waals surface area contributed by atoms with Gasteiger partial charge >= 0.3 is 11.9 Å². The molecule has 6 rings (SSSR count). The first-order chi connectivity index (χ1) is 27.1. The minimum absolute atomic E-state index is 0.0135. The number of carboxylic acids is 1. The third-order valence-electron chi connectivity index (χ3n) is 11.4. The summed E-state index contributed by atoms with van der Waals surface area (Å²) in [6.45, 7) is 6.16. The van der Waals surface area contributed by atoms with Crippen molar-refractivity contribution in [2.45, 2.75) is 120 Å². The van der Waals surface area contributed by atoms with E-state index in [-0.39, 0.29) is 34.1 Å². The van der Waals surface area contributed by atoms with Gasteiger partial charge in [-0.15, -0.1) is 0 Å². The molecule has 2 saturated heterocycles. The number of cyclic esters (lactones) is 1. The summed E-state index contributed by atoms with van der Waals surface area (Å²) >= 11 is 12.8. The van der Waals surface area contributed by atoms with Crippen molar-refractivity contribution in [3.8, 4) is 0 Å². The number of carboxylic acid groups (broad SMARTS) is 1. The maximum absolute atomic E-state index is 14.9. The number of methoxy groups -OCH3 is 1. The number of benzene rings is 1. The number of amides is 5. The molecule has 3 fully saturated rings. The van der Waals surface area contributed by atoms with Crippen molar-refractivity contribution in [3.05, 3.63) is 27.7 Å². The molecule has 9 atom stereocenters. The zero-order valence-electron chi connectivity index (χ0n) is 32.4. The number of hydrogen-bond acceptors (Lipinski definition) is 13. The minimum Gasteiger partial charge on any atom is -0.481 e. The first-order valence-corrected chi connectivity index (χ1v) is 19.5. The SMILES string of the molecule is COC[C@H]1NC(=O)[C@@H]2CCC=NN2C(=O)[C@H](C(C)(C)C)OC(=O)[C@@H](C2(C)CC2)NC(=O)[C@@H]2C[C@@]3(O)c4ccc(Cl)c(Cl)c4N[C@H]3N2C(=O)[C@H]([C@@H](O)CC(=O)O)NC1=O. The largest absolute Gasteiger partial charge is 0.481 e. The summed E-state index contributed by atoms with van der Waals surface area (Å²) in [5, 5.41) is 48.9. The van der Waals surface area contributed by atoms with Crippen molar-refractivity contribution < 1.29 is 58.4 Å². The number of rotatable bonds is 6. The summed E-state index contributed by atoms with van der Waals surface area (Å²) in [7, 11) is 1.22. The highest BCUT2D eigenvalue weighted by Crippen LogP contribution is 2.53. The van der Waals surface area contributed by atoms with E-state index in [4.69, 9.17) is 32.7 Å². The number of anilines is 1. The van der Waals surface area contributed by atoms with Gasteiger partial charge in [-0.25, -0.2) is 9.80 Å². The maximum atomic E-state index is 14.9. The number of esters is 1. The van der Waals surface area contributed by atoms with Gasteiger partial charge in [0.25, 0.3) is 5.91 Å². The fourth-order valence-electron chi connectivity index (χ4n) is 7.88. The van der Waals surface area contributed by atoms with Crippen molar-refractivity contribution in [3.63, 3.8) is 0 Å². The molecule has 0 unspecified atom stereocenters. The van der Waals surface area contributed by atoms with Crippen LogP contribution in [-0.4, -0.2) is 135 Å². The summed E-state index contributed by atoms with van der Waals surface area (Å²) < 4.78 is 11.1. The van der Waals surface area contributed by atoms with Crippen LogP contribution in [0.2, 0.25) is 10.0 Å². The van der Waals surface area contributed by atoms with Crippen molar-refractivity contribution in [1.29, 1.82) is 0 Å². The van der Waals surface area contributed by atoms with Crippen LogP contribution in [0, 0.1) is 10.8 Å². The second-order valence-corrected chi connectivity index (χ2v) is 17.5. The van der Waals surface area contributed by atoms with E-state index in [9.17, 15) is 48.9 Å². The molecule has 0 spiro atoms. The Hall–Kier alpha value is -4.56. The number of hydrogen-bond donors (Lipinski definition) is 7. The summed E-state index contributed by atoms with van der Waals surface area (Å²) in [5.74, 6) is -7.50. The van der Waals surface area contributed by atoms with Gasteiger partial charge in [0.15, 0.2) is 6.10 Å². The van der Waals surface area contributed by atoms with Crippen LogP contribution in [0.3, 0.4) is 0 Å². The molecule has 1 saturated carbocycles. The van der Waals surface area contributed by atoms with Gasteiger partial charge in [0.05, 0.1) is 34.9 Å². The molecule has 58 heavy (non-hydrogen) atoms. The quantitative estimate of drug-likeness (QED) is 0.189. The summed E-state index contributed by atoms with van der Waals surface area (Å²) in [5.41, 5.74) is -3.70. The van der Waals surface area contributed by atoms with E-state index in [1.165, 1.54) is 25.5 Å². The van der Waals surface area contributed by atoms with Crippen LogP contribution < -0.4 is 21.3 Å². The number of carbonyl (C=O) groups is 7. The fourth-order valence-corrected chi connectivity index (χ4v) is 8.26. The molecule has 316 valence electrons. The van der Waals surface area contributed by atoms with Gasteiger partial charge in [0, 0.05) is 30.7 Å². The van der Waals surface area contributed by atoms with E-state index in [0.717, 1.165) is 9.91 Å². The van der Waals surface area contributed by atoms with E-state index in [1.807, 2.05) is 0 Å². The lowest BCUT2D eigenvalue weighted by molar-refractivity contribution is -0.173. The maximum Gasteiger partial charge on any atom is 0.330 e. The molecule has 1 aliphatic carbocycles. The number of nitrogens with one attached hydrogen (secondary N) is 4. The Morgan fingerprint density at radius 1 is 1.02 bits per heavy atom. The molecule has 5 aliphatic rings. The molecule has 0 bridgehead atoms. The van der Waals surface area contributed by atoms with Crippen LogP contribution in [0.15, 0.2) is 17.2 Å². The lowest BCUT2D eigenvalue weighted by Gasteiger charge is -2.38. The number of halogens is 2. The molecule has 4 heterocycles. The van der Waals surface area contributed by atoms with Crippen LogP contribution in [-0.2, 0) is 48.6 Å². The van der Waals surface area contributed by atoms with Crippen LogP contribution in [0.5, 0.6) is 0 Å². The predicted molar refractivity (Wildman–Crippen MR) is 204 cm³/mol. The smallest absolute Gasteiger partial charge is 0.330 e. The van der Waals surface area contributed by atoms with Crippen molar-refractivity contribution in [1.82, 2.24) is 25.9 Å². The summed E-state index contributed by atoms with van der Waals surface area (Å²) in [6.07, 6.45) is -4.09. The van der Waals surface area contributed by atoms with Crippen LogP contribution >= 0.6 is 23.2 Å². The Labute approximate surface area is 343 Å². The highest BCUT2D eigenvalue weighted by molar-refractivity contribution is 6.44. The van der Waals surface area contributed by atoms with Crippen molar-refractivity contribution in [2.24, 2.45) is 15.9 Å². The van der Waals surface area contributed by atoms with Gasteiger partial charge < -0.3 is 51.0 Å². The number of carbonyl (C=O) groups excluding carboxylic acids is 6. The molecule has 0 aromatic heterocycles. The predicted octanol–water partition coefficient (Wildman–Crippen LogP) is 0.218. The number of aliphatic carboxylic acids is 1. The summed E-state index contributed by atoms with van der Waals surface area (Å²) in [4.78, 5) is 98.7. The van der Waals surface area contributed by atoms with Crippen LogP contribution in [0.4, 0.5) is 5.69 Å². The Morgan fingerprint density at radius 2 is 1.69 bits per heavy atom. The molecular weight excluding hydrogens is 805 g/mol. The molecule has 1 aromatic rings. The molecule has 21 heteroatoms. The number of aliphatic hydroxyl groups is 2. The first-order valence-electron chi connectivity index (χ1n) is 18.8. The van der Waals surface area contributed by atoms with E-state index >= 15 is 0 Å². The second kappa shape index (κ2) is 15.9. The number of ether oxygens (including phenoxy) is 2. The lowest BCUT2D eigenvalue weighted by Crippen LogP contribution is -2.64. The molecule has 19 nitrogen and oxygen atoms in total. The van der Waals surface area contributed by atoms with Gasteiger partial charge in [-0.2, -0.15) is 5.10 Å². The number of fused-ring (bicyclic) bond motifs is 6. The van der Waals surface area contributed by atoms with Gasteiger partial charge in [-0.3, -0.25) is 28.8 Å². The zero-order valence-corrected chi connectivity index (χ0v) is 33.9. The van der Waals surface area contributed by atoms with Crippen molar-refractivity contribution >= 4 is 76.6 Å². The van der Waals surface area contributed by atoms with Crippen LogP contribution in [0.25, 0.3) is 0 Å². The molecule has 1 aromatic carbocycles. The third-order valence-corrected chi connectivity index (χ3v) is 12.2. The van der Waals surface area contributed by atoms with E-state index in [0.29, 0.717) is 12.8 Å². The van der Waals surface area contributed by atoms with E-state index < -0.39 is 126 Å². The molecule has 7 N–H and O–H groups in total. The number of aliphatic hydroxyl groups excluding tert-OH is 1. The monoisotopic (exact) mass is 851 g/mol. The third kappa shape index (κ3) is 7.93. The first kappa shape index (κ1) is 43.0. The Balaban J connectivity index is 1.49. The average molecular weight is 853 g/mol. The Morgan fingerprint density at radius 3 is 2.31 bits per heavy atom. The molecule has 0 radical (unpaired) electrons. The van der Waals surface area contributed by atoms with Crippen LogP contribution in [0.1, 0.15) is 71.8 Å². The topological polar surface area (TPSA) is 266 Å². The Bertz CT molecular complexity index is 1940. The number of hydrazone groups is 1. The lowest BCUT2D eigenvalue weighted by atomic mass is 9.87. The van der Waals surface area contributed by atoms with Gasteiger partial charge in [-0.05, 0) is 37.2 Å². The highest BCUT2D eigenvalue weighted by Gasteiger charge is 2.63. The van der Waals surface area contributed by atoms with Crippen molar-refractivity contribution in [2.75, 3.05) is 19.0 Å². The molecular formula is C37H47Cl2N7O12. The zero-order chi connectivity index (χ0) is 42.6. The molecule has 5 amide bonds. The van der Waals surface area contributed by atoms with Gasteiger partial charge in [0.2, 0.25) is 23.6 Å². The number of nitrogens with zero attached hydrogens (tertiary/aromatic N) is 3. The van der Waals surface area contributed by atoms with Gasteiger partial charge in [-0.1, -0.05) is 57.0 Å². The Kier molecular flexibility index (Phi) is 11.8. The average Bonchev–Trinajstić information content (AvgIpc) is 3.73. The minimum atomic E-state index is -2.12. The second-order valence-electron chi connectivity index (χ2n) is 16.7. The standard InChI is InChI=1S/C37H47Cl2N7O12/c1-35(2,3)27-32(54)46-19(7-6-12-40-46)29(51)41-18(15-57-5)28(50)42-25(21(47)13-22(48)49)31(53)45-20(30(52)44-26(33(55)58-27)36(4)10-11-36)14-37(56)16-8-9-17(38)23(39)24(16)43-34(37)45/h8-9,12,18-21,25-27,34,43,47,56H,6-7,10-11,13-15H2,1-5H3,(H,41,51)(H,42,50)(H,44,52)(H,48,49)/t18-,19+,20+,21+,25+,26+,27-,34+,37-/m1/s1. The highest BCUT2D eigenvalue weighted by atomic mass is 35.5. The normalized spacial score (nSPS) is 31.9.